The van der Waals surface area contributed by atoms with Crippen molar-refractivity contribution in [2.75, 3.05) is 77.4 Å². The highest BCUT2D eigenvalue weighted by molar-refractivity contribution is 5.91. The van der Waals surface area contributed by atoms with Crippen molar-refractivity contribution < 1.29 is 37.9 Å². The van der Waals surface area contributed by atoms with Gasteiger partial charge in [0.25, 0.3) is 5.91 Å². The number of piperidine rings is 3. The molecule has 1 aromatic heterocycles. The van der Waals surface area contributed by atoms with Crippen molar-refractivity contribution in [3.63, 3.8) is 0 Å². The summed E-state index contributed by atoms with van der Waals surface area (Å²) >= 11 is 0. The Morgan fingerprint density at radius 3 is 2.23 bits per heavy atom. The Balaban J connectivity index is 0.000000272. The van der Waals surface area contributed by atoms with Gasteiger partial charge in [-0.15, -0.1) is 0 Å². The number of oxazole rings is 1. The highest BCUT2D eigenvalue weighted by Crippen LogP contribution is 2.27. The summed E-state index contributed by atoms with van der Waals surface area (Å²) in [7, 11) is 0. The van der Waals surface area contributed by atoms with Gasteiger partial charge in [-0.05, 0) is 118 Å². The van der Waals surface area contributed by atoms with Crippen LogP contribution in [0.3, 0.4) is 0 Å². The number of aromatic amines is 1. The number of hydrogen-bond acceptors (Lipinski definition) is 10. The Kier molecular flexibility index (Phi) is 16.9. The number of nitrogens with one attached hydrogen (secondary N) is 2. The van der Waals surface area contributed by atoms with Crippen molar-refractivity contribution in [3.05, 3.63) is 63.6 Å². The molecule has 4 fully saturated rings. The van der Waals surface area contributed by atoms with Crippen LogP contribution in [-0.4, -0.2) is 144 Å². The van der Waals surface area contributed by atoms with Crippen molar-refractivity contribution in [2.45, 2.75) is 111 Å². The minimum absolute atomic E-state index is 0. The standard InChI is InChI=1S/C32H39N5O6.C15H26N2O3.CH4/c1-20-7-12-35(13-8-20)29(38)27(19-22-17-21(2)28-26(18-22)42-31(40)34-28)43-32(41)36-14-10-24(11-15-36)37-16-9-23-5-3-4-6-25(23)33-30(37)39;1-13-5-9-16(10-6-13)12-15(19)20-11-3-8-17-7-2-4-14(17)18;/h3-6,17-18,20,24,27H,7-16,19H2,1-2H3,(H,33,39)(H,34,40);13H,2-12H2,1H3;1H4/t27-;;/m1../s1. The predicted octanol–water partition coefficient (Wildman–Crippen LogP) is 6.20. The zero-order valence-corrected chi connectivity index (χ0v) is 37.2. The molecular weight excluding hydrogens is 819 g/mol. The van der Waals surface area contributed by atoms with Crippen LogP contribution in [0.5, 0.6) is 0 Å². The molecule has 1 atom stereocenters. The third-order valence-electron chi connectivity index (χ3n) is 13.4. The first kappa shape index (κ1) is 48.1. The summed E-state index contributed by atoms with van der Waals surface area (Å²) in [6.07, 6.45) is 7.22. The largest absolute Gasteiger partial charge is 0.465 e. The molecule has 3 aromatic rings. The van der Waals surface area contributed by atoms with E-state index < -0.39 is 18.0 Å². The van der Waals surface area contributed by atoms with E-state index >= 15 is 0 Å². The number of aromatic nitrogens is 1. The highest BCUT2D eigenvalue weighted by Gasteiger charge is 2.35. The van der Waals surface area contributed by atoms with Gasteiger partial charge in [0.05, 0.1) is 18.7 Å². The molecular formula is C48H69N7O9. The number of amides is 5. The zero-order valence-electron chi connectivity index (χ0n) is 37.2. The second kappa shape index (κ2) is 22.5. The van der Waals surface area contributed by atoms with Gasteiger partial charge in [0, 0.05) is 70.4 Å². The number of ether oxygens (including phenoxy) is 2. The third-order valence-corrected chi connectivity index (χ3v) is 13.4. The second-order valence-corrected chi connectivity index (χ2v) is 18.2. The van der Waals surface area contributed by atoms with E-state index in [1.807, 2.05) is 47.1 Å². The van der Waals surface area contributed by atoms with Crippen LogP contribution in [0.1, 0.15) is 95.8 Å². The quantitative estimate of drug-likeness (QED) is 0.167. The Labute approximate surface area is 376 Å². The van der Waals surface area contributed by atoms with Crippen LogP contribution in [0.15, 0.2) is 45.6 Å². The number of likely N-dealkylation sites (tertiary alicyclic amines) is 4. The molecule has 350 valence electrons. The number of hydrogen-bond donors (Lipinski definition) is 2. The summed E-state index contributed by atoms with van der Waals surface area (Å²) in [5.41, 5.74) is 4.55. The van der Waals surface area contributed by atoms with E-state index in [9.17, 15) is 28.8 Å². The minimum atomic E-state index is -1.00. The van der Waals surface area contributed by atoms with Crippen molar-refractivity contribution in [1.82, 2.24) is 29.5 Å². The first-order chi connectivity index (χ1) is 30.4. The number of H-pyrrole nitrogens is 1. The first-order valence-electron chi connectivity index (χ1n) is 23.1. The number of esters is 1. The number of aryl methyl sites for hydroxylation is 1. The molecule has 5 amide bonds. The molecule has 64 heavy (non-hydrogen) atoms. The van der Waals surface area contributed by atoms with E-state index in [4.69, 9.17) is 13.9 Å². The summed E-state index contributed by atoms with van der Waals surface area (Å²) in [4.78, 5) is 87.1. The predicted molar refractivity (Wildman–Crippen MR) is 244 cm³/mol. The number of carbonyl (C=O) groups is 5. The number of urea groups is 1. The Bertz CT molecular complexity index is 2130. The number of rotatable bonds is 11. The van der Waals surface area contributed by atoms with E-state index in [1.165, 1.54) is 12.8 Å². The van der Waals surface area contributed by atoms with E-state index in [-0.39, 0.29) is 43.7 Å². The molecule has 5 aliphatic rings. The van der Waals surface area contributed by atoms with Gasteiger partial charge in [-0.2, -0.15) is 0 Å². The van der Waals surface area contributed by atoms with E-state index in [2.05, 4.69) is 29.0 Å². The molecule has 5 aliphatic heterocycles. The molecule has 8 rings (SSSR count). The minimum Gasteiger partial charge on any atom is -0.465 e. The van der Waals surface area contributed by atoms with Gasteiger partial charge in [0.2, 0.25) is 5.91 Å². The first-order valence-corrected chi connectivity index (χ1v) is 23.1. The monoisotopic (exact) mass is 888 g/mol. The van der Waals surface area contributed by atoms with Crippen molar-refractivity contribution in [3.8, 4) is 0 Å². The number of anilines is 1. The number of fused-ring (bicyclic) bond motifs is 2. The van der Waals surface area contributed by atoms with Crippen LogP contribution in [0.25, 0.3) is 11.1 Å². The molecule has 6 heterocycles. The molecule has 4 saturated heterocycles. The summed E-state index contributed by atoms with van der Waals surface area (Å²) in [6.45, 7) is 13.5. The van der Waals surface area contributed by atoms with E-state index in [0.29, 0.717) is 88.7 Å². The van der Waals surface area contributed by atoms with E-state index in [0.717, 1.165) is 80.0 Å². The van der Waals surface area contributed by atoms with Crippen LogP contribution in [-0.2, 0) is 36.7 Å². The fraction of sp³-hybridized carbons (Fsp3) is 0.625. The normalized spacial score (nSPS) is 19.5. The number of carbonyl (C=O) groups excluding carboxylic acids is 5. The zero-order chi connectivity index (χ0) is 44.5. The second-order valence-electron chi connectivity index (χ2n) is 18.2. The lowest BCUT2D eigenvalue weighted by Crippen LogP contribution is -2.51. The molecule has 0 radical (unpaired) electrons. The van der Waals surface area contributed by atoms with Crippen LogP contribution in [0.2, 0.25) is 0 Å². The lowest BCUT2D eigenvalue weighted by atomic mass is 9.98. The Hall–Kier alpha value is -5.38. The van der Waals surface area contributed by atoms with Crippen LogP contribution in [0.4, 0.5) is 15.3 Å². The molecule has 16 nitrogen and oxygen atoms in total. The number of para-hydroxylation sites is 1. The Morgan fingerprint density at radius 2 is 1.53 bits per heavy atom. The number of nitrogens with zero attached hydrogens (tertiary/aromatic N) is 5. The number of benzene rings is 2. The average Bonchev–Trinajstić information content (AvgIpc) is 3.82. The molecule has 2 N–H and O–H groups in total. The van der Waals surface area contributed by atoms with Crippen molar-refractivity contribution in [2.24, 2.45) is 11.8 Å². The van der Waals surface area contributed by atoms with Crippen LogP contribution >= 0.6 is 0 Å². The maximum Gasteiger partial charge on any atom is 0.417 e. The SMILES string of the molecule is C.CC1CCN(CC(=O)OCCCN2CCCC2=O)CC1.Cc1cc(C[C@@H](OC(=O)N2CCC(N3CCc4ccccc4NC3=O)CC2)C(=O)N2CCC(C)CC2)cc2oc(=O)[nH]c12. The third kappa shape index (κ3) is 12.7. The molecule has 0 saturated carbocycles. The smallest absolute Gasteiger partial charge is 0.417 e. The van der Waals surface area contributed by atoms with Gasteiger partial charge >= 0.3 is 23.8 Å². The average molecular weight is 888 g/mol. The van der Waals surface area contributed by atoms with Crippen LogP contribution < -0.4 is 11.1 Å². The van der Waals surface area contributed by atoms with Crippen molar-refractivity contribution >= 4 is 46.7 Å². The maximum atomic E-state index is 13.7. The molecule has 0 spiro atoms. The van der Waals surface area contributed by atoms with Gasteiger partial charge in [-0.25, -0.2) is 14.4 Å². The lowest BCUT2D eigenvalue weighted by molar-refractivity contribution is -0.145. The molecule has 0 unspecified atom stereocenters. The van der Waals surface area contributed by atoms with Gasteiger partial charge in [-0.3, -0.25) is 24.3 Å². The van der Waals surface area contributed by atoms with Gasteiger partial charge in [0.15, 0.2) is 11.7 Å². The Morgan fingerprint density at radius 1 is 0.844 bits per heavy atom. The molecule has 0 bridgehead atoms. The van der Waals surface area contributed by atoms with Gasteiger partial charge in [0.1, 0.15) is 0 Å². The fourth-order valence-electron chi connectivity index (χ4n) is 9.36. The van der Waals surface area contributed by atoms with Crippen LogP contribution in [0, 0.1) is 18.8 Å². The van der Waals surface area contributed by atoms with E-state index in [1.54, 1.807) is 15.9 Å². The molecule has 0 aliphatic carbocycles. The molecule has 16 heteroatoms. The summed E-state index contributed by atoms with van der Waals surface area (Å²) in [6, 6.07) is 11.4. The molecule has 2 aromatic carbocycles. The summed E-state index contributed by atoms with van der Waals surface area (Å²) < 4.78 is 16.5. The summed E-state index contributed by atoms with van der Waals surface area (Å²) in [5, 5.41) is 3.03. The van der Waals surface area contributed by atoms with Gasteiger partial charge in [-0.1, -0.05) is 45.5 Å². The van der Waals surface area contributed by atoms with Gasteiger partial charge < -0.3 is 38.8 Å². The lowest BCUT2D eigenvalue weighted by Gasteiger charge is -2.38. The fourth-order valence-corrected chi connectivity index (χ4v) is 9.36. The summed E-state index contributed by atoms with van der Waals surface area (Å²) in [5.74, 6) is 0.686. The topological polar surface area (TPSA) is 178 Å². The highest BCUT2D eigenvalue weighted by atomic mass is 16.6. The maximum absolute atomic E-state index is 13.7. The van der Waals surface area contributed by atoms with Crippen molar-refractivity contribution in [1.29, 1.82) is 0 Å².